The van der Waals surface area contributed by atoms with Crippen molar-refractivity contribution in [1.82, 2.24) is 0 Å². The van der Waals surface area contributed by atoms with Crippen LogP contribution in [0.4, 0.5) is 0 Å². The minimum absolute atomic E-state index is 0.00728. The molecule has 0 N–H and O–H groups in total. The van der Waals surface area contributed by atoms with Gasteiger partial charge in [-0.2, -0.15) is 0 Å². The lowest BCUT2D eigenvalue weighted by atomic mass is 9.33. The summed E-state index contributed by atoms with van der Waals surface area (Å²) in [6.45, 7) is 20.0. The Kier molecular flexibility index (Phi) is 10.8. The topological polar surface area (TPSA) is 141 Å². The van der Waals surface area contributed by atoms with Crippen molar-refractivity contribution in [3.8, 4) is 0 Å². The molecule has 0 amide bonds. The molecular weight excluding hydrogens is 692 g/mol. The molecule has 0 aromatic carbocycles. The van der Waals surface area contributed by atoms with Crippen LogP contribution in [-0.4, -0.2) is 74.1 Å². The van der Waals surface area contributed by atoms with Crippen molar-refractivity contribution in [2.45, 2.75) is 164 Å². The first-order chi connectivity index (χ1) is 25.2. The average Bonchev–Trinajstić information content (AvgIpc) is 3.39. The minimum Gasteiger partial charge on any atom is -0.468 e. The molecule has 6 aliphatic rings. The molecule has 0 spiro atoms. The molecule has 11 nitrogen and oxygen atoms in total. The molecule has 1 aliphatic heterocycles. The second kappa shape index (κ2) is 14.3. The van der Waals surface area contributed by atoms with Crippen LogP contribution in [0, 0.1) is 50.7 Å². The summed E-state index contributed by atoms with van der Waals surface area (Å²) in [6, 6.07) is 0. The van der Waals surface area contributed by atoms with Gasteiger partial charge >= 0.3 is 23.9 Å². The molecule has 1 saturated heterocycles. The highest BCUT2D eigenvalue weighted by Gasteiger charge is 2.71. The fourth-order valence-electron chi connectivity index (χ4n) is 13.4. The van der Waals surface area contributed by atoms with Gasteiger partial charge in [0.05, 0.1) is 18.6 Å². The van der Waals surface area contributed by atoms with Gasteiger partial charge in [-0.1, -0.05) is 48.5 Å². The molecule has 5 aliphatic carbocycles. The Morgan fingerprint density at radius 1 is 0.815 bits per heavy atom. The molecule has 0 bridgehead atoms. The van der Waals surface area contributed by atoms with Crippen molar-refractivity contribution in [2.75, 3.05) is 13.7 Å². The van der Waals surface area contributed by atoms with Gasteiger partial charge in [0.1, 0.15) is 18.8 Å². The summed E-state index contributed by atoms with van der Waals surface area (Å²) in [5.41, 5.74) is 0.893. The maximum Gasteiger partial charge on any atom is 0.316 e. The van der Waals surface area contributed by atoms with Gasteiger partial charge < -0.3 is 28.4 Å². The molecule has 12 atom stereocenters. The van der Waals surface area contributed by atoms with Crippen LogP contribution in [0.2, 0.25) is 0 Å². The lowest BCUT2D eigenvalue weighted by Gasteiger charge is -2.72. The molecule has 54 heavy (non-hydrogen) atoms. The molecule has 11 heteroatoms. The van der Waals surface area contributed by atoms with E-state index >= 15 is 0 Å². The maximum atomic E-state index is 13.7. The number of ether oxygens (including phenoxy) is 6. The van der Waals surface area contributed by atoms with E-state index < -0.39 is 47.9 Å². The predicted octanol–water partition coefficient (Wildman–Crippen LogP) is 7.07. The molecule has 5 fully saturated rings. The van der Waals surface area contributed by atoms with E-state index in [0.29, 0.717) is 18.3 Å². The Balaban J connectivity index is 1.26. The summed E-state index contributed by atoms with van der Waals surface area (Å²) < 4.78 is 35.2. The van der Waals surface area contributed by atoms with Gasteiger partial charge in [0, 0.05) is 33.6 Å². The number of carbonyl (C=O) groups is 5. The Hall–Kier alpha value is -2.79. The van der Waals surface area contributed by atoms with Gasteiger partial charge in [-0.3, -0.25) is 24.0 Å². The van der Waals surface area contributed by atoms with E-state index in [1.54, 1.807) is 0 Å². The predicted molar refractivity (Wildman–Crippen MR) is 197 cm³/mol. The summed E-state index contributed by atoms with van der Waals surface area (Å²) in [5.74, 6) is -0.674. The molecule has 0 aromatic heterocycles. The van der Waals surface area contributed by atoms with Gasteiger partial charge in [-0.15, -0.1) is 0 Å². The number of rotatable bonds is 8. The summed E-state index contributed by atoms with van der Waals surface area (Å²) >= 11 is 0. The molecule has 0 radical (unpaired) electrons. The van der Waals surface area contributed by atoms with Crippen molar-refractivity contribution < 1.29 is 52.4 Å². The molecular formula is C43H64O11. The van der Waals surface area contributed by atoms with Gasteiger partial charge in [-0.25, -0.2) is 0 Å². The van der Waals surface area contributed by atoms with Crippen LogP contribution in [0.25, 0.3) is 0 Å². The van der Waals surface area contributed by atoms with Crippen LogP contribution in [0.3, 0.4) is 0 Å². The van der Waals surface area contributed by atoms with E-state index in [2.05, 4.69) is 48.5 Å². The first-order valence-corrected chi connectivity index (χ1v) is 20.3. The highest BCUT2D eigenvalue weighted by Crippen LogP contribution is 2.77. The van der Waals surface area contributed by atoms with E-state index in [-0.39, 0.29) is 70.8 Å². The summed E-state index contributed by atoms with van der Waals surface area (Å²) in [4.78, 5) is 63.3. The number of esters is 4. The van der Waals surface area contributed by atoms with Crippen molar-refractivity contribution >= 4 is 29.7 Å². The highest BCUT2D eigenvalue weighted by molar-refractivity contribution is 6.05. The number of Topliss-reactive ketones (excluding diaryl/α,β-unsaturated/α-hetero) is 1. The van der Waals surface area contributed by atoms with Crippen molar-refractivity contribution in [3.63, 3.8) is 0 Å². The summed E-state index contributed by atoms with van der Waals surface area (Å²) in [6.07, 6.45) is 4.24. The maximum absolute atomic E-state index is 13.7. The second-order valence-corrected chi connectivity index (χ2v) is 19.1. The Labute approximate surface area is 321 Å². The Morgan fingerprint density at radius 2 is 1.50 bits per heavy atom. The van der Waals surface area contributed by atoms with Crippen LogP contribution in [0.5, 0.6) is 0 Å². The van der Waals surface area contributed by atoms with E-state index in [0.717, 1.165) is 56.1 Å². The number of carbonyl (C=O) groups excluding carboxylic acids is 5. The number of methoxy groups -OCH3 is 1. The Morgan fingerprint density at radius 3 is 2.11 bits per heavy atom. The molecule has 4 unspecified atom stereocenters. The largest absolute Gasteiger partial charge is 0.468 e. The fourth-order valence-corrected chi connectivity index (χ4v) is 13.4. The lowest BCUT2D eigenvalue weighted by Crippen LogP contribution is -2.66. The molecule has 1 heterocycles. The molecule has 6 rings (SSSR count). The first-order valence-electron chi connectivity index (χ1n) is 20.3. The van der Waals surface area contributed by atoms with E-state index in [1.165, 1.54) is 27.9 Å². The SMILES string of the molecule is COC(=O)[C@@]12CC[C@]3(C)C(CCC4[C@@]5(C)CCC(O[C@@H]6C[C@@H](OC(C)=O)[C@@H](OC(C)=O)[C@@H](COC(C)=O)O6)C(C)(C)C5CC[C@]43C)C1=C(C(C)C)C(=O)C2. The third kappa shape index (κ3) is 6.35. The average molecular weight is 757 g/mol. The van der Waals surface area contributed by atoms with Crippen LogP contribution in [0.15, 0.2) is 11.1 Å². The third-order valence-electron chi connectivity index (χ3n) is 15.8. The second-order valence-electron chi connectivity index (χ2n) is 19.1. The van der Waals surface area contributed by atoms with Gasteiger partial charge in [-0.05, 0) is 108 Å². The summed E-state index contributed by atoms with van der Waals surface area (Å²) in [7, 11) is 1.46. The Bertz CT molecular complexity index is 1580. The van der Waals surface area contributed by atoms with Crippen molar-refractivity contribution in [3.05, 3.63) is 11.1 Å². The first kappa shape index (κ1) is 40.9. The number of ketones is 1. The molecule has 302 valence electrons. The third-order valence-corrected chi connectivity index (χ3v) is 15.8. The normalized spacial score (nSPS) is 42.6. The highest BCUT2D eigenvalue weighted by atomic mass is 16.7. The van der Waals surface area contributed by atoms with Crippen LogP contribution >= 0.6 is 0 Å². The standard InChI is InChI=1S/C43H64O11/c1-23(2)35-28(47)21-43(38(48)49-11)19-18-41(9)27(36(35)43)12-13-32-40(8)16-15-33(39(6,7)31(40)14-17-42(32,41)10)54-34-20-29(51-25(4)45)37(52-26(5)46)30(53-34)22-50-24(3)44/h23,27,29-34,37H,12-22H2,1-11H3/t27?,29-,30-,31?,32?,33?,34-,37-,40+,41-,42-,43-/m1/s1. The number of hydrogen-bond donors (Lipinski definition) is 0. The lowest BCUT2D eigenvalue weighted by molar-refractivity contribution is -0.302. The quantitative estimate of drug-likeness (QED) is 0.143. The van der Waals surface area contributed by atoms with Gasteiger partial charge in [0.15, 0.2) is 18.2 Å². The van der Waals surface area contributed by atoms with E-state index in [1.807, 2.05) is 0 Å². The fraction of sp³-hybridized carbons (Fsp3) is 0.837. The van der Waals surface area contributed by atoms with E-state index in [9.17, 15) is 24.0 Å². The van der Waals surface area contributed by atoms with Gasteiger partial charge in [0.2, 0.25) is 0 Å². The number of hydrogen-bond acceptors (Lipinski definition) is 11. The monoisotopic (exact) mass is 756 g/mol. The smallest absolute Gasteiger partial charge is 0.316 e. The van der Waals surface area contributed by atoms with Crippen LogP contribution in [-0.2, 0) is 52.4 Å². The molecule has 0 aromatic rings. The number of fused-ring (bicyclic) bond motifs is 7. The minimum atomic E-state index is -0.951. The van der Waals surface area contributed by atoms with Gasteiger partial charge in [0.25, 0.3) is 0 Å². The van der Waals surface area contributed by atoms with Crippen molar-refractivity contribution in [1.29, 1.82) is 0 Å². The zero-order chi connectivity index (χ0) is 39.8. The molecule has 4 saturated carbocycles. The van der Waals surface area contributed by atoms with Crippen LogP contribution in [0.1, 0.15) is 133 Å². The zero-order valence-corrected chi connectivity index (χ0v) is 34.5. The zero-order valence-electron chi connectivity index (χ0n) is 34.5. The van der Waals surface area contributed by atoms with E-state index in [4.69, 9.17) is 28.4 Å². The van der Waals surface area contributed by atoms with Crippen LogP contribution < -0.4 is 0 Å². The van der Waals surface area contributed by atoms with Crippen molar-refractivity contribution in [2.24, 2.45) is 50.7 Å². The number of allylic oxidation sites excluding steroid dienone is 1. The summed E-state index contributed by atoms with van der Waals surface area (Å²) in [5, 5.41) is 0.